The van der Waals surface area contributed by atoms with Crippen molar-refractivity contribution in [2.45, 2.75) is 52.9 Å². The maximum atomic E-state index is 12.2. The Labute approximate surface area is 167 Å². The first-order chi connectivity index (χ1) is 13.4. The second-order valence-corrected chi connectivity index (χ2v) is 7.07. The Morgan fingerprint density at radius 1 is 1.00 bits per heavy atom. The van der Waals surface area contributed by atoms with Crippen molar-refractivity contribution in [1.82, 2.24) is 5.32 Å². The lowest BCUT2D eigenvalue weighted by Gasteiger charge is -2.17. The summed E-state index contributed by atoms with van der Waals surface area (Å²) in [6, 6.07) is 14.9. The average Bonchev–Trinajstić information content (AvgIpc) is 2.69. The van der Waals surface area contributed by atoms with Crippen molar-refractivity contribution >= 4 is 11.9 Å². The van der Waals surface area contributed by atoms with Gasteiger partial charge in [-0.1, -0.05) is 48.9 Å². The van der Waals surface area contributed by atoms with Gasteiger partial charge in [-0.05, 0) is 50.5 Å². The number of benzene rings is 2. The van der Waals surface area contributed by atoms with Crippen LogP contribution in [0, 0.1) is 6.92 Å². The van der Waals surface area contributed by atoms with Crippen molar-refractivity contribution in [2.75, 3.05) is 6.61 Å². The zero-order chi connectivity index (χ0) is 20.5. The number of hydrogen-bond acceptors (Lipinski definition) is 4. The van der Waals surface area contributed by atoms with E-state index in [9.17, 15) is 9.59 Å². The number of aryl methyl sites for hydroxylation is 1. The third-order valence-electron chi connectivity index (χ3n) is 4.33. The summed E-state index contributed by atoms with van der Waals surface area (Å²) in [6.45, 7) is 8.15. The van der Waals surface area contributed by atoms with Crippen LogP contribution in [0.2, 0.25) is 0 Å². The first-order valence-corrected chi connectivity index (χ1v) is 9.62. The smallest absolute Gasteiger partial charge is 0.338 e. The van der Waals surface area contributed by atoms with Crippen LogP contribution in [-0.2, 0) is 20.9 Å². The Morgan fingerprint density at radius 3 is 2.21 bits per heavy atom. The zero-order valence-electron chi connectivity index (χ0n) is 17.0. The molecule has 1 amide bonds. The van der Waals surface area contributed by atoms with Crippen LogP contribution in [0.1, 0.15) is 60.3 Å². The van der Waals surface area contributed by atoms with Gasteiger partial charge in [0.15, 0.2) is 6.61 Å². The minimum absolute atomic E-state index is 0.105. The molecule has 1 N–H and O–H groups in total. The van der Waals surface area contributed by atoms with Crippen LogP contribution in [-0.4, -0.2) is 24.6 Å². The van der Waals surface area contributed by atoms with E-state index in [1.165, 1.54) is 5.56 Å². The summed E-state index contributed by atoms with van der Waals surface area (Å²) in [6.07, 6.45) is 0.901. The maximum absolute atomic E-state index is 12.2. The molecule has 150 valence electrons. The standard InChI is InChI=1S/C23H29NO4/c1-5-21(19-10-6-17(4)7-11-19)24-22(25)15-28-23(26)20-12-8-18(9-13-20)14-27-16(2)3/h6-13,16,21H,5,14-15H2,1-4H3,(H,24,25)/t21-/m1/s1. The highest BCUT2D eigenvalue weighted by Crippen LogP contribution is 2.17. The number of ether oxygens (including phenoxy) is 2. The van der Waals surface area contributed by atoms with Gasteiger partial charge in [0.1, 0.15) is 0 Å². The highest BCUT2D eigenvalue weighted by atomic mass is 16.5. The van der Waals surface area contributed by atoms with Crippen LogP contribution in [0.4, 0.5) is 0 Å². The normalized spacial score (nSPS) is 11.9. The molecule has 28 heavy (non-hydrogen) atoms. The van der Waals surface area contributed by atoms with Crippen LogP contribution in [0.15, 0.2) is 48.5 Å². The molecule has 2 aromatic carbocycles. The first-order valence-electron chi connectivity index (χ1n) is 9.62. The topological polar surface area (TPSA) is 64.6 Å². The number of rotatable bonds is 9. The summed E-state index contributed by atoms with van der Waals surface area (Å²) < 4.78 is 10.7. The lowest BCUT2D eigenvalue weighted by molar-refractivity contribution is -0.125. The monoisotopic (exact) mass is 383 g/mol. The van der Waals surface area contributed by atoms with E-state index in [0.717, 1.165) is 17.5 Å². The fraction of sp³-hybridized carbons (Fsp3) is 0.391. The molecule has 1 atom stereocenters. The highest BCUT2D eigenvalue weighted by molar-refractivity contribution is 5.91. The van der Waals surface area contributed by atoms with Gasteiger partial charge in [0.05, 0.1) is 24.3 Å². The lowest BCUT2D eigenvalue weighted by Crippen LogP contribution is -2.32. The van der Waals surface area contributed by atoms with Gasteiger partial charge in [0.2, 0.25) is 0 Å². The zero-order valence-corrected chi connectivity index (χ0v) is 17.0. The van der Waals surface area contributed by atoms with Gasteiger partial charge in [0.25, 0.3) is 5.91 Å². The highest BCUT2D eigenvalue weighted by Gasteiger charge is 2.15. The van der Waals surface area contributed by atoms with E-state index >= 15 is 0 Å². The van der Waals surface area contributed by atoms with Crippen molar-refractivity contribution in [2.24, 2.45) is 0 Å². The van der Waals surface area contributed by atoms with E-state index in [2.05, 4.69) is 5.32 Å². The minimum Gasteiger partial charge on any atom is -0.452 e. The number of carbonyl (C=O) groups is 2. The molecule has 5 heteroatoms. The number of nitrogens with one attached hydrogen (secondary N) is 1. The van der Waals surface area contributed by atoms with Crippen LogP contribution >= 0.6 is 0 Å². The Morgan fingerprint density at radius 2 is 1.64 bits per heavy atom. The predicted octanol–water partition coefficient (Wildman–Crippen LogP) is 4.34. The fourth-order valence-electron chi connectivity index (χ4n) is 2.67. The van der Waals surface area contributed by atoms with Gasteiger partial charge >= 0.3 is 5.97 Å². The van der Waals surface area contributed by atoms with Crippen molar-refractivity contribution in [3.63, 3.8) is 0 Å². The van der Waals surface area contributed by atoms with Crippen molar-refractivity contribution in [1.29, 1.82) is 0 Å². The predicted molar refractivity (Wildman–Crippen MR) is 109 cm³/mol. The molecule has 0 spiro atoms. The van der Waals surface area contributed by atoms with Crippen molar-refractivity contribution in [3.05, 3.63) is 70.8 Å². The Hall–Kier alpha value is -2.66. The van der Waals surface area contributed by atoms with Gasteiger partial charge in [-0.15, -0.1) is 0 Å². The first kappa shape index (κ1) is 21.6. The minimum atomic E-state index is -0.519. The van der Waals surface area contributed by atoms with Crippen LogP contribution in [0.3, 0.4) is 0 Å². The molecule has 0 unspecified atom stereocenters. The quantitative estimate of drug-likeness (QED) is 0.654. The summed E-state index contributed by atoms with van der Waals surface area (Å²) in [5, 5.41) is 2.91. The van der Waals surface area contributed by atoms with Crippen LogP contribution in [0.5, 0.6) is 0 Å². The molecule has 0 aliphatic rings. The second kappa shape index (κ2) is 10.6. The van der Waals surface area contributed by atoms with E-state index in [4.69, 9.17) is 9.47 Å². The molecule has 2 aromatic rings. The van der Waals surface area contributed by atoms with E-state index in [0.29, 0.717) is 12.2 Å². The third kappa shape index (κ3) is 6.82. The van der Waals surface area contributed by atoms with Crippen LogP contribution in [0.25, 0.3) is 0 Å². The lowest BCUT2D eigenvalue weighted by atomic mass is 10.0. The summed E-state index contributed by atoms with van der Waals surface area (Å²) in [5.41, 5.74) is 3.59. The molecule has 0 aliphatic carbocycles. The molecular weight excluding hydrogens is 354 g/mol. The maximum Gasteiger partial charge on any atom is 0.338 e. The number of esters is 1. The molecular formula is C23H29NO4. The summed E-state index contributed by atoms with van der Waals surface area (Å²) in [7, 11) is 0. The van der Waals surface area contributed by atoms with Gasteiger partial charge in [0, 0.05) is 0 Å². The van der Waals surface area contributed by atoms with Crippen LogP contribution < -0.4 is 5.32 Å². The SMILES string of the molecule is CC[C@@H](NC(=O)COC(=O)c1ccc(COC(C)C)cc1)c1ccc(C)cc1. The Bertz CT molecular complexity index is 766. The largest absolute Gasteiger partial charge is 0.452 e. The number of amides is 1. The molecule has 0 aromatic heterocycles. The van der Waals surface area contributed by atoms with Gasteiger partial charge in [-0.2, -0.15) is 0 Å². The molecule has 0 heterocycles. The molecule has 5 nitrogen and oxygen atoms in total. The molecule has 0 saturated carbocycles. The summed E-state index contributed by atoms with van der Waals surface area (Å²) in [4.78, 5) is 24.3. The molecule has 0 radical (unpaired) electrons. The molecule has 0 aliphatic heterocycles. The molecule has 0 saturated heterocycles. The molecule has 2 rings (SSSR count). The van der Waals surface area contributed by atoms with Gasteiger partial charge in [-0.3, -0.25) is 4.79 Å². The summed E-state index contributed by atoms with van der Waals surface area (Å²) >= 11 is 0. The van der Waals surface area contributed by atoms with Crippen molar-refractivity contribution < 1.29 is 19.1 Å². The van der Waals surface area contributed by atoms with E-state index < -0.39 is 5.97 Å². The van der Waals surface area contributed by atoms with E-state index in [-0.39, 0.29) is 24.7 Å². The number of hydrogen-bond donors (Lipinski definition) is 1. The Balaban J connectivity index is 1.84. The number of carbonyl (C=O) groups excluding carboxylic acids is 2. The summed E-state index contributed by atoms with van der Waals surface area (Å²) in [5.74, 6) is -0.836. The van der Waals surface area contributed by atoms with Gasteiger partial charge in [-0.25, -0.2) is 4.79 Å². The molecule has 0 bridgehead atoms. The van der Waals surface area contributed by atoms with E-state index in [1.807, 2.05) is 64.1 Å². The molecule has 0 fully saturated rings. The average molecular weight is 383 g/mol. The third-order valence-corrected chi connectivity index (χ3v) is 4.33. The second-order valence-electron chi connectivity index (χ2n) is 7.07. The Kier molecular flexibility index (Phi) is 8.20. The van der Waals surface area contributed by atoms with Crippen molar-refractivity contribution in [3.8, 4) is 0 Å². The fourth-order valence-corrected chi connectivity index (χ4v) is 2.67. The van der Waals surface area contributed by atoms with E-state index in [1.54, 1.807) is 12.1 Å². The van der Waals surface area contributed by atoms with Gasteiger partial charge < -0.3 is 14.8 Å².